The van der Waals surface area contributed by atoms with Crippen molar-refractivity contribution in [3.8, 4) is 0 Å². The Morgan fingerprint density at radius 3 is 2.53 bits per heavy atom. The van der Waals surface area contributed by atoms with Crippen LogP contribution in [0.4, 0.5) is 5.69 Å². The maximum Gasteiger partial charge on any atom is 0.261 e. The SMILES string of the molecule is COCCn1cc(C(=O)Nc2ccc3ncn(C(C)C)c(=O)c3c2)c2ccccc2c1=O. The van der Waals surface area contributed by atoms with Crippen LogP contribution >= 0.6 is 0 Å². The van der Waals surface area contributed by atoms with Gasteiger partial charge in [0.2, 0.25) is 0 Å². The Morgan fingerprint density at radius 2 is 1.81 bits per heavy atom. The molecule has 4 rings (SSSR count). The zero-order chi connectivity index (χ0) is 22.8. The zero-order valence-corrected chi connectivity index (χ0v) is 18.2. The molecule has 0 unspecified atom stereocenters. The lowest BCUT2D eigenvalue weighted by Gasteiger charge is -2.13. The van der Waals surface area contributed by atoms with Gasteiger partial charge in [0.25, 0.3) is 17.0 Å². The molecule has 0 radical (unpaired) electrons. The second-order valence-electron chi connectivity index (χ2n) is 7.82. The minimum absolute atomic E-state index is 0.0304. The Hall–Kier alpha value is -3.78. The first-order chi connectivity index (χ1) is 15.4. The number of aromatic nitrogens is 3. The molecule has 2 aromatic heterocycles. The Morgan fingerprint density at radius 1 is 1.06 bits per heavy atom. The van der Waals surface area contributed by atoms with E-state index in [4.69, 9.17) is 4.74 Å². The fraction of sp³-hybridized carbons (Fsp3) is 0.250. The summed E-state index contributed by atoms with van der Waals surface area (Å²) >= 11 is 0. The predicted molar refractivity (Wildman–Crippen MR) is 124 cm³/mol. The number of hydrogen-bond acceptors (Lipinski definition) is 5. The molecule has 0 aliphatic rings. The van der Waals surface area contributed by atoms with Crippen molar-refractivity contribution in [1.29, 1.82) is 0 Å². The summed E-state index contributed by atoms with van der Waals surface area (Å²) in [5.41, 5.74) is 1.05. The molecule has 164 valence electrons. The fourth-order valence-corrected chi connectivity index (χ4v) is 3.66. The van der Waals surface area contributed by atoms with Gasteiger partial charge < -0.3 is 14.6 Å². The Balaban J connectivity index is 1.76. The molecule has 32 heavy (non-hydrogen) atoms. The number of rotatable bonds is 6. The highest BCUT2D eigenvalue weighted by Crippen LogP contribution is 2.20. The second kappa shape index (κ2) is 8.76. The van der Waals surface area contributed by atoms with Crippen LogP contribution in [0, 0.1) is 0 Å². The molecule has 0 aliphatic heterocycles. The monoisotopic (exact) mass is 432 g/mol. The van der Waals surface area contributed by atoms with E-state index in [1.807, 2.05) is 13.8 Å². The molecular weight excluding hydrogens is 408 g/mol. The van der Waals surface area contributed by atoms with Crippen molar-refractivity contribution >= 4 is 33.3 Å². The molecule has 1 amide bonds. The summed E-state index contributed by atoms with van der Waals surface area (Å²) in [7, 11) is 1.56. The second-order valence-corrected chi connectivity index (χ2v) is 7.82. The molecule has 0 bridgehead atoms. The van der Waals surface area contributed by atoms with E-state index in [1.54, 1.807) is 60.3 Å². The number of nitrogens with zero attached hydrogens (tertiary/aromatic N) is 3. The fourth-order valence-electron chi connectivity index (χ4n) is 3.66. The number of carbonyl (C=O) groups excluding carboxylic acids is 1. The predicted octanol–water partition coefficient (Wildman–Crippen LogP) is 3.19. The van der Waals surface area contributed by atoms with Crippen molar-refractivity contribution in [2.45, 2.75) is 26.4 Å². The number of nitrogens with one attached hydrogen (secondary N) is 1. The maximum atomic E-state index is 13.2. The summed E-state index contributed by atoms with van der Waals surface area (Å²) in [5, 5.41) is 4.31. The van der Waals surface area contributed by atoms with Crippen molar-refractivity contribution in [2.75, 3.05) is 19.0 Å². The van der Waals surface area contributed by atoms with Gasteiger partial charge >= 0.3 is 0 Å². The zero-order valence-electron chi connectivity index (χ0n) is 18.2. The van der Waals surface area contributed by atoms with Gasteiger partial charge in [-0.15, -0.1) is 0 Å². The Kier molecular flexibility index (Phi) is 5.87. The molecule has 8 nitrogen and oxygen atoms in total. The van der Waals surface area contributed by atoms with E-state index in [1.165, 1.54) is 10.9 Å². The standard InChI is InChI=1S/C24H24N4O4/c1-15(2)28-14-25-21-9-8-16(12-19(21)24(28)31)26-22(29)20-13-27(10-11-32-3)23(30)18-7-5-4-6-17(18)20/h4-9,12-15H,10-11H2,1-3H3,(H,26,29). The van der Waals surface area contributed by atoms with E-state index >= 15 is 0 Å². The van der Waals surface area contributed by atoms with Crippen molar-refractivity contribution in [2.24, 2.45) is 0 Å². The summed E-state index contributed by atoms with van der Waals surface area (Å²) in [5.74, 6) is -0.375. The van der Waals surface area contributed by atoms with E-state index in [2.05, 4.69) is 10.3 Å². The van der Waals surface area contributed by atoms with E-state index < -0.39 is 0 Å². The van der Waals surface area contributed by atoms with Crippen LogP contribution < -0.4 is 16.4 Å². The number of hydrogen-bond donors (Lipinski definition) is 1. The Labute approximate surface area is 184 Å². The van der Waals surface area contributed by atoms with Gasteiger partial charge in [-0.3, -0.25) is 19.0 Å². The molecule has 2 aromatic carbocycles. The van der Waals surface area contributed by atoms with Crippen molar-refractivity contribution in [1.82, 2.24) is 14.1 Å². The van der Waals surface area contributed by atoms with Crippen molar-refractivity contribution in [3.05, 3.63) is 81.3 Å². The topological polar surface area (TPSA) is 95.2 Å². The average Bonchev–Trinajstić information content (AvgIpc) is 2.79. The highest BCUT2D eigenvalue weighted by Gasteiger charge is 2.16. The molecule has 8 heteroatoms. The lowest BCUT2D eigenvalue weighted by Crippen LogP contribution is -2.25. The third-order valence-corrected chi connectivity index (χ3v) is 5.37. The van der Waals surface area contributed by atoms with Crippen LogP contribution in [-0.2, 0) is 11.3 Å². The first kappa shape index (κ1) is 21.5. The third-order valence-electron chi connectivity index (χ3n) is 5.37. The number of anilines is 1. The summed E-state index contributed by atoms with van der Waals surface area (Å²) < 4.78 is 8.12. The first-order valence-corrected chi connectivity index (χ1v) is 10.3. The average molecular weight is 432 g/mol. The van der Waals surface area contributed by atoms with Crippen LogP contribution in [0.5, 0.6) is 0 Å². The van der Waals surface area contributed by atoms with Crippen molar-refractivity contribution < 1.29 is 9.53 Å². The molecule has 0 spiro atoms. The highest BCUT2D eigenvalue weighted by molar-refractivity contribution is 6.12. The quantitative estimate of drug-likeness (QED) is 0.505. The van der Waals surface area contributed by atoms with Crippen LogP contribution in [-0.4, -0.2) is 33.7 Å². The minimum atomic E-state index is -0.375. The van der Waals surface area contributed by atoms with Gasteiger partial charge in [0, 0.05) is 42.4 Å². The van der Waals surface area contributed by atoms with Crippen LogP contribution in [0.25, 0.3) is 21.7 Å². The molecule has 0 saturated carbocycles. The number of amides is 1. The first-order valence-electron chi connectivity index (χ1n) is 10.3. The van der Waals surface area contributed by atoms with E-state index in [0.29, 0.717) is 46.1 Å². The van der Waals surface area contributed by atoms with Gasteiger partial charge in [0.1, 0.15) is 0 Å². The number of carbonyl (C=O) groups is 1. The van der Waals surface area contributed by atoms with Gasteiger partial charge in [0.15, 0.2) is 0 Å². The van der Waals surface area contributed by atoms with Crippen molar-refractivity contribution in [3.63, 3.8) is 0 Å². The largest absolute Gasteiger partial charge is 0.383 e. The number of methoxy groups -OCH3 is 1. The maximum absolute atomic E-state index is 13.2. The molecule has 4 aromatic rings. The van der Waals surface area contributed by atoms with E-state index in [0.717, 1.165) is 0 Å². The molecule has 0 atom stereocenters. The minimum Gasteiger partial charge on any atom is -0.383 e. The third kappa shape index (κ3) is 3.92. The van der Waals surface area contributed by atoms with Crippen LogP contribution in [0.15, 0.2) is 64.6 Å². The summed E-state index contributed by atoms with van der Waals surface area (Å²) in [6, 6.07) is 12.0. The smallest absolute Gasteiger partial charge is 0.261 e. The van der Waals surface area contributed by atoms with Gasteiger partial charge in [-0.25, -0.2) is 4.98 Å². The van der Waals surface area contributed by atoms with Crippen LogP contribution in [0.3, 0.4) is 0 Å². The van der Waals surface area contributed by atoms with E-state index in [9.17, 15) is 14.4 Å². The molecule has 1 N–H and O–H groups in total. The van der Waals surface area contributed by atoms with Crippen LogP contribution in [0.2, 0.25) is 0 Å². The molecular formula is C24H24N4O4. The summed E-state index contributed by atoms with van der Waals surface area (Å²) in [6.07, 6.45) is 3.08. The molecule has 0 saturated heterocycles. The number of ether oxygens (including phenoxy) is 1. The van der Waals surface area contributed by atoms with E-state index in [-0.39, 0.29) is 23.1 Å². The molecule has 0 fully saturated rings. The van der Waals surface area contributed by atoms with Gasteiger partial charge in [0.05, 0.1) is 29.4 Å². The van der Waals surface area contributed by atoms with Gasteiger partial charge in [-0.05, 0) is 38.1 Å². The summed E-state index contributed by atoms with van der Waals surface area (Å²) in [4.78, 5) is 43.1. The number of benzene rings is 2. The lowest BCUT2D eigenvalue weighted by atomic mass is 10.1. The molecule has 0 aliphatic carbocycles. The van der Waals surface area contributed by atoms with Gasteiger partial charge in [-0.2, -0.15) is 0 Å². The molecule has 2 heterocycles. The number of pyridine rings is 1. The number of fused-ring (bicyclic) bond motifs is 2. The van der Waals surface area contributed by atoms with Crippen LogP contribution in [0.1, 0.15) is 30.2 Å². The summed E-state index contributed by atoms with van der Waals surface area (Å²) in [6.45, 7) is 4.49. The lowest BCUT2D eigenvalue weighted by molar-refractivity contribution is 0.102. The Bertz CT molecular complexity index is 1440. The normalized spacial score (nSPS) is 11.4. The highest BCUT2D eigenvalue weighted by atomic mass is 16.5. The van der Waals surface area contributed by atoms with Gasteiger partial charge in [-0.1, -0.05) is 18.2 Å².